The Balaban J connectivity index is 1.67. The average Bonchev–Trinajstić information content (AvgIpc) is 3.06. The molecular formula is C20H20N4O6S. The maximum atomic E-state index is 13.1. The number of aromatic nitrogens is 2. The van der Waals surface area contributed by atoms with Crippen LogP contribution in [0.1, 0.15) is 17.7 Å². The molecule has 162 valence electrons. The summed E-state index contributed by atoms with van der Waals surface area (Å²) in [5, 5.41) is 20.1. The van der Waals surface area contributed by atoms with E-state index >= 15 is 0 Å². The van der Waals surface area contributed by atoms with Crippen molar-refractivity contribution in [3.63, 3.8) is 0 Å². The number of carboxylic acids is 1. The fourth-order valence-corrected chi connectivity index (χ4v) is 5.55. The molecule has 1 atom stereocenters. The van der Waals surface area contributed by atoms with E-state index in [0.717, 1.165) is 16.8 Å². The van der Waals surface area contributed by atoms with Gasteiger partial charge in [-0.1, -0.05) is 0 Å². The lowest BCUT2D eigenvalue weighted by atomic mass is 9.92. The van der Waals surface area contributed by atoms with Gasteiger partial charge in [0.05, 0.1) is 20.9 Å². The van der Waals surface area contributed by atoms with E-state index in [2.05, 4.69) is 4.98 Å². The zero-order valence-corrected chi connectivity index (χ0v) is 17.4. The molecular weight excluding hydrogens is 424 g/mol. The van der Waals surface area contributed by atoms with Crippen LogP contribution in [0.25, 0.3) is 11.0 Å². The minimum atomic E-state index is -3.86. The van der Waals surface area contributed by atoms with E-state index < -0.39 is 20.9 Å². The maximum absolute atomic E-state index is 13.1. The van der Waals surface area contributed by atoms with E-state index in [4.69, 9.17) is 0 Å². The molecule has 1 aliphatic carbocycles. The molecule has 1 aliphatic rings. The summed E-state index contributed by atoms with van der Waals surface area (Å²) in [6.07, 6.45) is 3.07. The molecule has 10 nitrogen and oxygen atoms in total. The number of nitrogens with zero attached hydrogens (tertiary/aromatic N) is 4. The second-order valence-corrected chi connectivity index (χ2v) is 9.44. The van der Waals surface area contributed by atoms with Crippen LogP contribution in [0.4, 0.5) is 5.69 Å². The average molecular weight is 444 g/mol. The van der Waals surface area contributed by atoms with Gasteiger partial charge in [0.25, 0.3) is 5.69 Å². The summed E-state index contributed by atoms with van der Waals surface area (Å²) in [5.41, 5.74) is 2.95. The molecule has 0 aliphatic heterocycles. The highest BCUT2D eigenvalue weighted by molar-refractivity contribution is 7.89. The molecule has 0 fully saturated rings. The Bertz CT molecular complexity index is 1280. The lowest BCUT2D eigenvalue weighted by Crippen LogP contribution is -2.40. The van der Waals surface area contributed by atoms with E-state index in [0.29, 0.717) is 24.8 Å². The summed E-state index contributed by atoms with van der Waals surface area (Å²) < 4.78 is 29.2. The third-order valence-electron chi connectivity index (χ3n) is 5.72. The standard InChI is InChI=1S/C20H20N4O6S/c1-22(31(29,30)15-7-4-13(5-8-15)24(27)28)14-6-9-17-16(11-14)20-18(3-2-10-21-20)23(17)12-19(25)26/h2-5,7-8,10,14H,6,9,11-12H2,1H3,(H,25,26). The number of aliphatic carboxylic acids is 1. The highest BCUT2D eigenvalue weighted by atomic mass is 32.2. The van der Waals surface area contributed by atoms with E-state index in [1.54, 1.807) is 16.8 Å². The summed E-state index contributed by atoms with van der Waals surface area (Å²) in [6, 6.07) is 8.02. The summed E-state index contributed by atoms with van der Waals surface area (Å²) >= 11 is 0. The predicted octanol–water partition coefficient (Wildman–Crippen LogP) is 2.21. The number of hydrogen-bond donors (Lipinski definition) is 1. The maximum Gasteiger partial charge on any atom is 0.323 e. The van der Waals surface area contributed by atoms with Crippen molar-refractivity contribution in [2.24, 2.45) is 0 Å². The molecule has 1 aromatic carbocycles. The third kappa shape index (κ3) is 3.66. The fraction of sp³-hybridized carbons (Fsp3) is 0.300. The topological polar surface area (TPSA) is 136 Å². The smallest absolute Gasteiger partial charge is 0.323 e. The number of carboxylic acid groups (broad SMARTS) is 1. The van der Waals surface area contributed by atoms with Crippen molar-refractivity contribution in [2.75, 3.05) is 7.05 Å². The molecule has 0 saturated carbocycles. The van der Waals surface area contributed by atoms with Crippen LogP contribution in [-0.2, 0) is 34.2 Å². The lowest BCUT2D eigenvalue weighted by Gasteiger charge is -2.31. The number of carbonyl (C=O) groups is 1. The monoisotopic (exact) mass is 444 g/mol. The molecule has 2 aromatic heterocycles. The van der Waals surface area contributed by atoms with Crippen LogP contribution in [0, 0.1) is 10.1 Å². The molecule has 0 saturated heterocycles. The summed E-state index contributed by atoms with van der Waals surface area (Å²) in [4.78, 5) is 26.0. The predicted molar refractivity (Wildman–Crippen MR) is 111 cm³/mol. The van der Waals surface area contributed by atoms with Crippen LogP contribution in [-0.4, -0.2) is 51.4 Å². The van der Waals surface area contributed by atoms with Gasteiger partial charge in [-0.25, -0.2) is 8.42 Å². The first kappa shape index (κ1) is 20.9. The number of pyridine rings is 1. The Morgan fingerprint density at radius 2 is 2.03 bits per heavy atom. The number of hydrogen-bond acceptors (Lipinski definition) is 6. The van der Waals surface area contributed by atoms with Crippen molar-refractivity contribution in [3.05, 3.63) is 64.0 Å². The van der Waals surface area contributed by atoms with Gasteiger partial charge in [-0.3, -0.25) is 19.9 Å². The van der Waals surface area contributed by atoms with Gasteiger partial charge in [-0.05, 0) is 43.5 Å². The first-order valence-electron chi connectivity index (χ1n) is 9.59. The van der Waals surface area contributed by atoms with Crippen molar-refractivity contribution in [1.29, 1.82) is 0 Å². The third-order valence-corrected chi connectivity index (χ3v) is 7.65. The summed E-state index contributed by atoms with van der Waals surface area (Å²) in [5.74, 6) is -0.955. The number of rotatable bonds is 6. The molecule has 3 aromatic rings. The Kier molecular flexibility index (Phi) is 5.23. The van der Waals surface area contributed by atoms with Crippen molar-refractivity contribution in [3.8, 4) is 0 Å². The van der Waals surface area contributed by atoms with Gasteiger partial charge in [0.1, 0.15) is 6.54 Å². The lowest BCUT2D eigenvalue weighted by molar-refractivity contribution is -0.384. The Hall–Kier alpha value is -3.31. The minimum absolute atomic E-state index is 0.0159. The second-order valence-electron chi connectivity index (χ2n) is 7.45. The Morgan fingerprint density at radius 1 is 1.32 bits per heavy atom. The van der Waals surface area contributed by atoms with Gasteiger partial charge in [-0.15, -0.1) is 0 Å². The zero-order valence-electron chi connectivity index (χ0n) is 16.6. The van der Waals surface area contributed by atoms with Crippen molar-refractivity contribution in [1.82, 2.24) is 13.9 Å². The van der Waals surface area contributed by atoms with Crippen molar-refractivity contribution < 1.29 is 23.2 Å². The van der Waals surface area contributed by atoms with Crippen LogP contribution >= 0.6 is 0 Å². The number of sulfonamides is 1. The SMILES string of the molecule is CN(C1CCc2c(c3ncccc3n2CC(=O)O)C1)S(=O)(=O)c1ccc([N+](=O)[O-])cc1. The minimum Gasteiger partial charge on any atom is -0.480 e. The van der Waals surface area contributed by atoms with Gasteiger partial charge in [0, 0.05) is 42.7 Å². The van der Waals surface area contributed by atoms with E-state index in [1.165, 1.54) is 35.6 Å². The molecule has 0 amide bonds. The van der Waals surface area contributed by atoms with E-state index in [9.17, 15) is 28.4 Å². The first-order valence-corrected chi connectivity index (χ1v) is 11.0. The number of nitro benzene ring substituents is 1. The molecule has 0 bridgehead atoms. The van der Waals surface area contributed by atoms with Crippen LogP contribution in [0.15, 0.2) is 47.5 Å². The Labute approximate surface area is 177 Å². The number of nitro groups is 1. The number of benzene rings is 1. The van der Waals surface area contributed by atoms with Crippen molar-refractivity contribution in [2.45, 2.75) is 36.7 Å². The normalized spacial score (nSPS) is 16.4. The van der Waals surface area contributed by atoms with E-state index in [-0.39, 0.29) is 23.2 Å². The van der Waals surface area contributed by atoms with Crippen LogP contribution in [0.3, 0.4) is 0 Å². The zero-order chi connectivity index (χ0) is 22.3. The Morgan fingerprint density at radius 3 is 2.68 bits per heavy atom. The molecule has 4 rings (SSSR count). The van der Waals surface area contributed by atoms with Crippen LogP contribution in [0.2, 0.25) is 0 Å². The van der Waals surface area contributed by atoms with Crippen molar-refractivity contribution >= 4 is 32.7 Å². The fourth-order valence-electron chi connectivity index (χ4n) is 4.16. The largest absolute Gasteiger partial charge is 0.480 e. The highest BCUT2D eigenvalue weighted by Gasteiger charge is 2.34. The van der Waals surface area contributed by atoms with E-state index in [1.807, 2.05) is 6.07 Å². The number of non-ortho nitro benzene ring substituents is 1. The molecule has 31 heavy (non-hydrogen) atoms. The number of likely N-dealkylation sites (N-methyl/N-ethyl adjacent to an activating group) is 1. The van der Waals surface area contributed by atoms with Gasteiger partial charge in [0.15, 0.2) is 0 Å². The summed E-state index contributed by atoms with van der Waals surface area (Å²) in [6.45, 7) is -0.181. The van der Waals surface area contributed by atoms with Gasteiger partial charge < -0.3 is 9.67 Å². The molecule has 2 heterocycles. The van der Waals surface area contributed by atoms with Gasteiger partial charge in [0.2, 0.25) is 10.0 Å². The van der Waals surface area contributed by atoms with Crippen LogP contribution < -0.4 is 0 Å². The van der Waals surface area contributed by atoms with Gasteiger partial charge >= 0.3 is 5.97 Å². The second kappa shape index (κ2) is 7.75. The number of fused-ring (bicyclic) bond motifs is 3. The first-order chi connectivity index (χ1) is 14.7. The summed E-state index contributed by atoms with van der Waals surface area (Å²) in [7, 11) is -2.36. The molecule has 0 radical (unpaired) electrons. The van der Waals surface area contributed by atoms with Gasteiger partial charge in [-0.2, -0.15) is 4.31 Å². The molecule has 1 unspecified atom stereocenters. The molecule has 11 heteroatoms. The molecule has 1 N–H and O–H groups in total. The van der Waals surface area contributed by atoms with Crippen LogP contribution in [0.5, 0.6) is 0 Å². The quantitative estimate of drug-likeness (QED) is 0.455. The highest BCUT2D eigenvalue weighted by Crippen LogP contribution is 2.34. The molecule has 0 spiro atoms.